The number of aryl methyl sites for hydroxylation is 1. The van der Waals surface area contributed by atoms with Crippen LogP contribution in [0.1, 0.15) is 31.0 Å². The average molecular weight is 365 g/mol. The highest BCUT2D eigenvalue weighted by atomic mass is 16.5. The average Bonchev–Trinajstić information content (AvgIpc) is 2.67. The number of rotatable bonds is 5. The molecule has 0 aliphatic carbocycles. The van der Waals surface area contributed by atoms with Crippen molar-refractivity contribution < 1.29 is 9.53 Å². The summed E-state index contributed by atoms with van der Waals surface area (Å²) >= 11 is 0. The van der Waals surface area contributed by atoms with Gasteiger partial charge in [-0.1, -0.05) is 13.0 Å². The van der Waals surface area contributed by atoms with Crippen LogP contribution in [0, 0.1) is 24.2 Å². The first-order chi connectivity index (χ1) is 13.0. The van der Waals surface area contributed by atoms with Crippen LogP contribution < -0.4 is 15.0 Å². The number of carbonyl (C=O) groups is 1. The van der Waals surface area contributed by atoms with Crippen LogP contribution in [0.3, 0.4) is 0 Å². The molecule has 2 aromatic rings. The number of nitrogens with zero attached hydrogens (tertiary/aromatic N) is 4. The molecule has 0 radical (unpaired) electrons. The van der Waals surface area contributed by atoms with Crippen molar-refractivity contribution in [1.82, 2.24) is 9.97 Å². The van der Waals surface area contributed by atoms with Crippen LogP contribution in [0.5, 0.6) is 5.88 Å². The molecule has 7 heteroatoms. The standard InChI is InChI=1S/C20H23N5O2/c1-14-6-8-25(9-7-14)20-22-15(2)10-19(24-20)27-13-18(26)23-17-5-3-4-16(11-17)12-21/h3-5,10-11,14H,6-9,13H2,1-2H3,(H,23,26). The molecule has 2 heterocycles. The second-order valence-corrected chi connectivity index (χ2v) is 6.85. The van der Waals surface area contributed by atoms with Crippen molar-refractivity contribution in [2.75, 3.05) is 29.9 Å². The minimum atomic E-state index is -0.310. The van der Waals surface area contributed by atoms with Crippen molar-refractivity contribution in [2.45, 2.75) is 26.7 Å². The zero-order valence-electron chi connectivity index (χ0n) is 15.6. The Labute approximate surface area is 159 Å². The van der Waals surface area contributed by atoms with Crippen molar-refractivity contribution in [3.8, 4) is 11.9 Å². The zero-order chi connectivity index (χ0) is 19.2. The highest BCUT2D eigenvalue weighted by molar-refractivity contribution is 5.92. The van der Waals surface area contributed by atoms with Gasteiger partial charge in [0.1, 0.15) is 0 Å². The molecular formula is C20H23N5O2. The van der Waals surface area contributed by atoms with Gasteiger partial charge in [-0.15, -0.1) is 0 Å². The van der Waals surface area contributed by atoms with Gasteiger partial charge in [-0.05, 0) is 43.9 Å². The fraction of sp³-hybridized carbons (Fsp3) is 0.400. The molecule has 140 valence electrons. The molecule has 1 N–H and O–H groups in total. The summed E-state index contributed by atoms with van der Waals surface area (Å²) in [6.45, 7) is 5.84. The van der Waals surface area contributed by atoms with E-state index in [0.29, 0.717) is 23.1 Å². The second-order valence-electron chi connectivity index (χ2n) is 6.85. The summed E-state index contributed by atoms with van der Waals surface area (Å²) in [5, 5.41) is 11.6. The van der Waals surface area contributed by atoms with Gasteiger partial charge in [-0.2, -0.15) is 10.2 Å². The van der Waals surface area contributed by atoms with E-state index in [1.54, 1.807) is 30.3 Å². The minimum Gasteiger partial charge on any atom is -0.467 e. The number of hydrogen-bond acceptors (Lipinski definition) is 6. The molecule has 0 unspecified atom stereocenters. The third kappa shape index (κ3) is 5.17. The number of aromatic nitrogens is 2. The lowest BCUT2D eigenvalue weighted by Gasteiger charge is -2.30. The number of piperidine rings is 1. The number of nitrogens with one attached hydrogen (secondary N) is 1. The largest absolute Gasteiger partial charge is 0.467 e. The van der Waals surface area contributed by atoms with Crippen LogP contribution in [0.2, 0.25) is 0 Å². The van der Waals surface area contributed by atoms with Gasteiger partial charge in [-0.25, -0.2) is 4.98 Å². The Morgan fingerprint density at radius 3 is 2.85 bits per heavy atom. The molecular weight excluding hydrogens is 342 g/mol. The molecule has 0 bridgehead atoms. The smallest absolute Gasteiger partial charge is 0.262 e. The van der Waals surface area contributed by atoms with Crippen LogP contribution in [0.4, 0.5) is 11.6 Å². The number of nitriles is 1. The van der Waals surface area contributed by atoms with E-state index in [1.165, 1.54) is 0 Å². The third-order valence-corrected chi connectivity index (χ3v) is 4.51. The topological polar surface area (TPSA) is 91.1 Å². The number of carbonyl (C=O) groups excluding carboxylic acids is 1. The monoisotopic (exact) mass is 365 g/mol. The summed E-state index contributed by atoms with van der Waals surface area (Å²) in [5.41, 5.74) is 1.85. The first-order valence-corrected chi connectivity index (χ1v) is 9.07. The molecule has 1 aliphatic heterocycles. The van der Waals surface area contributed by atoms with E-state index < -0.39 is 0 Å². The molecule has 1 aromatic heterocycles. The van der Waals surface area contributed by atoms with Crippen LogP contribution in [-0.4, -0.2) is 35.6 Å². The molecule has 0 saturated carbocycles. The summed E-state index contributed by atoms with van der Waals surface area (Å²) in [6.07, 6.45) is 2.25. The fourth-order valence-corrected chi connectivity index (χ4v) is 2.95. The minimum absolute atomic E-state index is 0.163. The molecule has 0 spiro atoms. The summed E-state index contributed by atoms with van der Waals surface area (Å²) in [6, 6.07) is 10.5. The first-order valence-electron chi connectivity index (χ1n) is 9.07. The molecule has 3 rings (SSSR count). The molecule has 1 fully saturated rings. The Balaban J connectivity index is 1.60. The lowest BCUT2D eigenvalue weighted by atomic mass is 10.00. The van der Waals surface area contributed by atoms with Crippen LogP contribution >= 0.6 is 0 Å². The number of anilines is 2. The maximum atomic E-state index is 12.1. The van der Waals surface area contributed by atoms with E-state index in [2.05, 4.69) is 27.1 Å². The van der Waals surface area contributed by atoms with E-state index in [1.807, 2.05) is 13.0 Å². The van der Waals surface area contributed by atoms with Gasteiger partial charge in [0.25, 0.3) is 5.91 Å². The zero-order valence-corrected chi connectivity index (χ0v) is 15.6. The third-order valence-electron chi connectivity index (χ3n) is 4.51. The van der Waals surface area contributed by atoms with Gasteiger partial charge in [0.15, 0.2) is 6.61 Å². The SMILES string of the molecule is Cc1cc(OCC(=O)Nc2cccc(C#N)c2)nc(N2CCC(C)CC2)n1. The Morgan fingerprint density at radius 2 is 2.11 bits per heavy atom. The Kier molecular flexibility index (Phi) is 5.87. The van der Waals surface area contributed by atoms with Gasteiger partial charge >= 0.3 is 0 Å². The molecule has 7 nitrogen and oxygen atoms in total. The van der Waals surface area contributed by atoms with Crippen molar-refractivity contribution in [3.05, 3.63) is 41.6 Å². The van der Waals surface area contributed by atoms with Crippen LogP contribution in [0.15, 0.2) is 30.3 Å². The highest BCUT2D eigenvalue weighted by Gasteiger charge is 2.19. The van der Waals surface area contributed by atoms with Gasteiger partial charge < -0.3 is 15.0 Å². The van der Waals surface area contributed by atoms with Gasteiger partial charge in [0.2, 0.25) is 11.8 Å². The predicted octanol–water partition coefficient (Wildman–Crippen LogP) is 2.91. The Bertz CT molecular complexity index is 854. The van der Waals surface area contributed by atoms with Crippen molar-refractivity contribution in [2.24, 2.45) is 5.92 Å². The Morgan fingerprint density at radius 1 is 1.33 bits per heavy atom. The molecule has 27 heavy (non-hydrogen) atoms. The quantitative estimate of drug-likeness (QED) is 0.876. The van der Waals surface area contributed by atoms with E-state index >= 15 is 0 Å². The van der Waals surface area contributed by atoms with Gasteiger partial charge in [-0.3, -0.25) is 4.79 Å². The van der Waals surface area contributed by atoms with Crippen LogP contribution in [-0.2, 0) is 4.79 Å². The summed E-state index contributed by atoms with van der Waals surface area (Å²) < 4.78 is 5.58. The predicted molar refractivity (Wildman–Crippen MR) is 103 cm³/mol. The molecule has 1 aliphatic rings. The molecule has 0 atom stereocenters. The van der Waals surface area contributed by atoms with E-state index in [9.17, 15) is 4.79 Å². The van der Waals surface area contributed by atoms with E-state index in [0.717, 1.165) is 37.5 Å². The van der Waals surface area contributed by atoms with E-state index in [-0.39, 0.29) is 12.5 Å². The van der Waals surface area contributed by atoms with Gasteiger partial charge in [0, 0.05) is 30.5 Å². The number of benzene rings is 1. The van der Waals surface area contributed by atoms with Gasteiger partial charge in [0.05, 0.1) is 11.6 Å². The molecule has 1 saturated heterocycles. The maximum Gasteiger partial charge on any atom is 0.262 e. The number of ether oxygens (including phenoxy) is 1. The normalized spacial score (nSPS) is 14.5. The fourth-order valence-electron chi connectivity index (χ4n) is 2.95. The van der Waals surface area contributed by atoms with Crippen molar-refractivity contribution in [3.63, 3.8) is 0 Å². The number of hydrogen-bond donors (Lipinski definition) is 1. The first kappa shape index (κ1) is 18.6. The maximum absolute atomic E-state index is 12.1. The Hall–Kier alpha value is -3.14. The van der Waals surface area contributed by atoms with Crippen molar-refractivity contribution in [1.29, 1.82) is 5.26 Å². The lowest BCUT2D eigenvalue weighted by molar-refractivity contribution is -0.118. The highest BCUT2D eigenvalue weighted by Crippen LogP contribution is 2.22. The van der Waals surface area contributed by atoms with Crippen molar-refractivity contribution >= 4 is 17.5 Å². The second kappa shape index (κ2) is 8.49. The molecule has 1 amide bonds. The van der Waals surface area contributed by atoms with E-state index in [4.69, 9.17) is 10.00 Å². The summed E-state index contributed by atoms with van der Waals surface area (Å²) in [7, 11) is 0. The summed E-state index contributed by atoms with van der Waals surface area (Å²) in [5.74, 6) is 1.45. The van der Waals surface area contributed by atoms with Crippen LogP contribution in [0.25, 0.3) is 0 Å². The lowest BCUT2D eigenvalue weighted by Crippen LogP contribution is -2.34. The summed E-state index contributed by atoms with van der Waals surface area (Å²) in [4.78, 5) is 23.2. The molecule has 1 aromatic carbocycles. The number of amides is 1.